The van der Waals surface area contributed by atoms with Gasteiger partial charge in [0.25, 0.3) is 5.91 Å². The maximum Gasteiger partial charge on any atom is 0.252 e. The summed E-state index contributed by atoms with van der Waals surface area (Å²) in [5.74, 6) is 0.565. The topological polar surface area (TPSA) is 58.6 Å². The molecule has 1 aliphatic heterocycles. The molecule has 1 saturated carbocycles. The van der Waals surface area contributed by atoms with Crippen LogP contribution in [0.5, 0.6) is 0 Å². The first-order valence-corrected chi connectivity index (χ1v) is 7.97. The lowest BCUT2D eigenvalue weighted by atomic mass is 9.82. The summed E-state index contributed by atoms with van der Waals surface area (Å²) < 4.78 is 5.92. The van der Waals surface area contributed by atoms with Gasteiger partial charge in [-0.25, -0.2) is 0 Å². The van der Waals surface area contributed by atoms with E-state index in [-0.39, 0.29) is 11.9 Å². The fourth-order valence-corrected chi connectivity index (χ4v) is 3.22. The Morgan fingerprint density at radius 2 is 2.00 bits per heavy atom. The standard InChI is InChI=1S/C16H29NO3/c1-15(2,19)9-10-16(3)14(18)17-13(11-20-16)12-7-5-4-6-8-12/h12-13,19H,4-11H2,1-3H3,(H,17,18)/t13-,16-/m0/s1. The Morgan fingerprint density at radius 1 is 1.35 bits per heavy atom. The van der Waals surface area contributed by atoms with E-state index in [0.29, 0.717) is 25.4 Å². The van der Waals surface area contributed by atoms with Crippen LogP contribution in [0.25, 0.3) is 0 Å². The highest BCUT2D eigenvalue weighted by Gasteiger charge is 2.42. The number of amides is 1. The quantitative estimate of drug-likeness (QED) is 0.833. The van der Waals surface area contributed by atoms with Crippen LogP contribution in [0, 0.1) is 5.92 Å². The van der Waals surface area contributed by atoms with Crippen LogP contribution in [0.15, 0.2) is 0 Å². The first kappa shape index (κ1) is 15.8. The van der Waals surface area contributed by atoms with Gasteiger partial charge in [-0.05, 0) is 52.4 Å². The predicted molar refractivity (Wildman–Crippen MR) is 78.4 cm³/mol. The third-order valence-corrected chi connectivity index (χ3v) is 4.81. The van der Waals surface area contributed by atoms with Gasteiger partial charge in [-0.3, -0.25) is 4.79 Å². The zero-order valence-corrected chi connectivity index (χ0v) is 13.1. The van der Waals surface area contributed by atoms with E-state index in [1.807, 2.05) is 6.92 Å². The summed E-state index contributed by atoms with van der Waals surface area (Å²) in [6.07, 6.45) is 7.38. The molecule has 2 atom stereocenters. The van der Waals surface area contributed by atoms with Gasteiger partial charge in [-0.1, -0.05) is 19.3 Å². The molecule has 2 fully saturated rings. The number of nitrogens with one attached hydrogen (secondary N) is 1. The fraction of sp³-hybridized carbons (Fsp3) is 0.938. The minimum Gasteiger partial charge on any atom is -0.390 e. The normalized spacial score (nSPS) is 33.0. The molecule has 4 heteroatoms. The van der Waals surface area contributed by atoms with Gasteiger partial charge in [-0.15, -0.1) is 0 Å². The first-order chi connectivity index (χ1) is 9.30. The Balaban J connectivity index is 1.89. The molecule has 0 aromatic carbocycles. The van der Waals surface area contributed by atoms with Crippen LogP contribution in [-0.2, 0) is 9.53 Å². The number of aliphatic hydroxyl groups is 1. The molecular formula is C16H29NO3. The second-order valence-electron chi connectivity index (χ2n) is 7.33. The molecule has 116 valence electrons. The molecule has 1 saturated heterocycles. The van der Waals surface area contributed by atoms with E-state index in [1.54, 1.807) is 13.8 Å². The summed E-state index contributed by atoms with van der Waals surface area (Å²) >= 11 is 0. The molecule has 20 heavy (non-hydrogen) atoms. The summed E-state index contributed by atoms with van der Waals surface area (Å²) in [4.78, 5) is 12.4. The van der Waals surface area contributed by atoms with Crippen LogP contribution >= 0.6 is 0 Å². The third kappa shape index (κ3) is 3.95. The van der Waals surface area contributed by atoms with E-state index in [4.69, 9.17) is 4.74 Å². The van der Waals surface area contributed by atoms with Gasteiger partial charge in [0.05, 0.1) is 18.2 Å². The van der Waals surface area contributed by atoms with Crippen LogP contribution in [0.3, 0.4) is 0 Å². The summed E-state index contributed by atoms with van der Waals surface area (Å²) in [5, 5.41) is 13.0. The lowest BCUT2D eigenvalue weighted by Gasteiger charge is -2.41. The highest BCUT2D eigenvalue weighted by atomic mass is 16.5. The largest absolute Gasteiger partial charge is 0.390 e. The lowest BCUT2D eigenvalue weighted by Crippen LogP contribution is -2.60. The van der Waals surface area contributed by atoms with Crippen molar-refractivity contribution < 1.29 is 14.6 Å². The van der Waals surface area contributed by atoms with E-state index >= 15 is 0 Å². The molecule has 1 amide bonds. The highest BCUT2D eigenvalue weighted by molar-refractivity contribution is 5.85. The minimum atomic E-state index is -0.787. The average Bonchev–Trinajstić information content (AvgIpc) is 2.40. The third-order valence-electron chi connectivity index (χ3n) is 4.81. The molecule has 2 aliphatic rings. The van der Waals surface area contributed by atoms with Crippen molar-refractivity contribution in [3.63, 3.8) is 0 Å². The van der Waals surface area contributed by atoms with Crippen LogP contribution < -0.4 is 5.32 Å². The van der Waals surface area contributed by atoms with Gasteiger partial charge in [0.2, 0.25) is 0 Å². The average molecular weight is 283 g/mol. The fourth-order valence-electron chi connectivity index (χ4n) is 3.22. The summed E-state index contributed by atoms with van der Waals surface area (Å²) in [6.45, 7) is 5.98. The molecule has 1 heterocycles. The monoisotopic (exact) mass is 283 g/mol. The van der Waals surface area contributed by atoms with E-state index in [0.717, 1.165) is 0 Å². The Hall–Kier alpha value is -0.610. The number of carbonyl (C=O) groups is 1. The molecule has 4 nitrogen and oxygen atoms in total. The number of hydrogen-bond acceptors (Lipinski definition) is 3. The smallest absolute Gasteiger partial charge is 0.252 e. The minimum absolute atomic E-state index is 0.0106. The van der Waals surface area contributed by atoms with E-state index in [1.165, 1.54) is 32.1 Å². The van der Waals surface area contributed by atoms with Crippen molar-refractivity contribution in [2.24, 2.45) is 5.92 Å². The Bertz CT molecular complexity index is 344. The number of morpholine rings is 1. The molecule has 0 aromatic heterocycles. The number of rotatable bonds is 4. The molecule has 0 radical (unpaired) electrons. The van der Waals surface area contributed by atoms with Gasteiger partial charge in [0, 0.05) is 0 Å². The summed E-state index contributed by atoms with van der Waals surface area (Å²) in [5.41, 5.74) is -1.54. The number of carbonyl (C=O) groups excluding carboxylic acids is 1. The number of ether oxygens (including phenoxy) is 1. The molecular weight excluding hydrogens is 254 g/mol. The molecule has 0 aromatic rings. The van der Waals surface area contributed by atoms with Crippen molar-refractivity contribution in [1.82, 2.24) is 5.32 Å². The maximum atomic E-state index is 12.4. The van der Waals surface area contributed by atoms with Crippen molar-refractivity contribution in [2.75, 3.05) is 6.61 Å². The summed E-state index contributed by atoms with van der Waals surface area (Å²) in [7, 11) is 0. The van der Waals surface area contributed by atoms with Gasteiger partial charge < -0.3 is 15.2 Å². The van der Waals surface area contributed by atoms with Crippen molar-refractivity contribution >= 4 is 5.91 Å². The zero-order valence-electron chi connectivity index (χ0n) is 13.1. The van der Waals surface area contributed by atoms with E-state index in [2.05, 4.69) is 5.32 Å². The molecule has 0 spiro atoms. The van der Waals surface area contributed by atoms with Crippen molar-refractivity contribution in [3.05, 3.63) is 0 Å². The number of hydrogen-bond donors (Lipinski definition) is 2. The zero-order chi connectivity index (χ0) is 14.8. The molecule has 1 aliphatic carbocycles. The van der Waals surface area contributed by atoms with E-state index in [9.17, 15) is 9.90 Å². The molecule has 0 unspecified atom stereocenters. The first-order valence-electron chi connectivity index (χ1n) is 7.97. The van der Waals surface area contributed by atoms with Gasteiger partial charge >= 0.3 is 0 Å². The van der Waals surface area contributed by atoms with Crippen LogP contribution in [-0.4, -0.2) is 34.9 Å². The molecule has 2 N–H and O–H groups in total. The van der Waals surface area contributed by atoms with Crippen molar-refractivity contribution in [1.29, 1.82) is 0 Å². The van der Waals surface area contributed by atoms with Crippen LogP contribution in [0.1, 0.15) is 65.7 Å². The molecule has 0 bridgehead atoms. The Labute approximate surface area is 122 Å². The van der Waals surface area contributed by atoms with E-state index < -0.39 is 11.2 Å². The second kappa shape index (κ2) is 6.02. The Morgan fingerprint density at radius 3 is 2.55 bits per heavy atom. The van der Waals surface area contributed by atoms with Crippen LogP contribution in [0.2, 0.25) is 0 Å². The van der Waals surface area contributed by atoms with Gasteiger partial charge in [0.15, 0.2) is 0 Å². The maximum absolute atomic E-state index is 12.4. The van der Waals surface area contributed by atoms with Gasteiger partial charge in [0.1, 0.15) is 5.60 Å². The van der Waals surface area contributed by atoms with Crippen LogP contribution in [0.4, 0.5) is 0 Å². The molecule has 2 rings (SSSR count). The Kier molecular flexibility index (Phi) is 4.75. The lowest BCUT2D eigenvalue weighted by molar-refractivity contribution is -0.161. The van der Waals surface area contributed by atoms with Crippen molar-refractivity contribution in [2.45, 2.75) is 83.0 Å². The summed E-state index contributed by atoms with van der Waals surface area (Å²) in [6, 6.07) is 0.179. The highest BCUT2D eigenvalue weighted by Crippen LogP contribution is 2.31. The predicted octanol–water partition coefficient (Wildman–Crippen LogP) is 2.39. The van der Waals surface area contributed by atoms with Gasteiger partial charge in [-0.2, -0.15) is 0 Å². The SMILES string of the molecule is CC(C)(O)CC[C@]1(C)OC[C@@H](C2CCCCC2)NC1=O. The van der Waals surface area contributed by atoms with Crippen molar-refractivity contribution in [3.8, 4) is 0 Å². The second-order valence-corrected chi connectivity index (χ2v) is 7.33.